The number of aromatic amines is 1. The SMILES string of the molecule is Cc1ccc(C(=O)CSc2nc3c([nH]2)c(=S)n(C)c(=O)n3C)c(C)c1. The molecule has 0 saturated heterocycles. The van der Waals surface area contributed by atoms with Crippen molar-refractivity contribution in [3.63, 3.8) is 0 Å². The molecular formula is C17H18N4O2S2. The number of fused-ring (bicyclic) bond motifs is 1. The molecule has 25 heavy (non-hydrogen) atoms. The molecule has 0 aliphatic heterocycles. The van der Waals surface area contributed by atoms with Gasteiger partial charge in [-0.25, -0.2) is 9.78 Å². The molecule has 2 aromatic heterocycles. The van der Waals surface area contributed by atoms with Crippen molar-refractivity contribution in [2.24, 2.45) is 14.1 Å². The van der Waals surface area contributed by atoms with Crippen LogP contribution in [-0.2, 0) is 14.1 Å². The summed E-state index contributed by atoms with van der Waals surface area (Å²) in [5.74, 6) is 0.303. The fourth-order valence-electron chi connectivity index (χ4n) is 2.71. The lowest BCUT2D eigenvalue weighted by molar-refractivity contribution is 0.102. The van der Waals surface area contributed by atoms with Crippen LogP contribution in [0.5, 0.6) is 0 Å². The van der Waals surface area contributed by atoms with Crippen molar-refractivity contribution in [2.75, 3.05) is 5.75 Å². The summed E-state index contributed by atoms with van der Waals surface area (Å²) < 4.78 is 3.24. The highest BCUT2D eigenvalue weighted by atomic mass is 32.2. The van der Waals surface area contributed by atoms with E-state index < -0.39 is 0 Å². The molecule has 130 valence electrons. The van der Waals surface area contributed by atoms with Gasteiger partial charge >= 0.3 is 5.69 Å². The zero-order valence-corrected chi connectivity index (χ0v) is 16.0. The number of Topliss-reactive ketones (excluding diaryl/α,β-unsaturated/α-hetero) is 1. The second kappa shape index (κ2) is 6.61. The number of nitrogens with one attached hydrogen (secondary N) is 1. The van der Waals surface area contributed by atoms with Crippen LogP contribution >= 0.6 is 24.0 Å². The van der Waals surface area contributed by atoms with Gasteiger partial charge in [0.25, 0.3) is 0 Å². The van der Waals surface area contributed by atoms with E-state index >= 15 is 0 Å². The van der Waals surface area contributed by atoms with Crippen LogP contribution < -0.4 is 5.69 Å². The number of imidazole rings is 1. The third kappa shape index (κ3) is 3.19. The van der Waals surface area contributed by atoms with E-state index in [-0.39, 0.29) is 17.2 Å². The first kappa shape index (κ1) is 17.6. The Balaban J connectivity index is 1.88. The zero-order chi connectivity index (χ0) is 18.3. The molecule has 0 spiro atoms. The molecule has 3 aromatic rings. The van der Waals surface area contributed by atoms with Crippen LogP contribution in [0.25, 0.3) is 11.2 Å². The van der Waals surface area contributed by atoms with Crippen LogP contribution in [-0.4, -0.2) is 30.6 Å². The first-order valence-corrected chi connectivity index (χ1v) is 9.08. The number of ketones is 1. The Morgan fingerprint density at radius 2 is 2.00 bits per heavy atom. The summed E-state index contributed by atoms with van der Waals surface area (Å²) >= 11 is 6.60. The molecule has 0 unspecified atom stereocenters. The third-order valence-corrected chi connectivity index (χ3v) is 5.45. The average molecular weight is 374 g/mol. The van der Waals surface area contributed by atoms with Crippen molar-refractivity contribution in [1.82, 2.24) is 19.1 Å². The Bertz CT molecular complexity index is 1110. The maximum absolute atomic E-state index is 12.5. The van der Waals surface area contributed by atoms with Crippen molar-refractivity contribution in [3.05, 3.63) is 50.0 Å². The molecule has 0 fully saturated rings. The molecule has 0 saturated carbocycles. The van der Waals surface area contributed by atoms with Crippen LogP contribution in [0.15, 0.2) is 28.2 Å². The summed E-state index contributed by atoms with van der Waals surface area (Å²) in [4.78, 5) is 32.1. The quantitative estimate of drug-likeness (QED) is 0.432. The summed E-state index contributed by atoms with van der Waals surface area (Å²) in [7, 11) is 3.27. The maximum atomic E-state index is 12.5. The number of nitrogens with zero attached hydrogens (tertiary/aromatic N) is 3. The summed E-state index contributed by atoms with van der Waals surface area (Å²) in [5, 5.41) is 0.570. The van der Waals surface area contributed by atoms with Gasteiger partial charge in [0.2, 0.25) is 0 Å². The van der Waals surface area contributed by atoms with E-state index in [0.29, 0.717) is 21.0 Å². The molecule has 0 amide bonds. The minimum Gasteiger partial charge on any atom is -0.329 e. The molecule has 0 aliphatic carbocycles. The molecule has 1 N–H and O–H groups in total. The number of hydrogen-bond donors (Lipinski definition) is 1. The van der Waals surface area contributed by atoms with E-state index in [1.54, 1.807) is 14.1 Å². The highest BCUT2D eigenvalue weighted by Crippen LogP contribution is 2.21. The van der Waals surface area contributed by atoms with E-state index in [4.69, 9.17) is 12.2 Å². The number of H-pyrrole nitrogens is 1. The minimum atomic E-state index is -0.230. The van der Waals surface area contributed by atoms with Crippen molar-refractivity contribution in [3.8, 4) is 0 Å². The Hall–Kier alpha value is -2.19. The van der Waals surface area contributed by atoms with Crippen LogP contribution in [0.2, 0.25) is 0 Å². The molecule has 8 heteroatoms. The molecule has 1 aromatic carbocycles. The monoisotopic (exact) mass is 374 g/mol. The lowest BCUT2D eigenvalue weighted by Crippen LogP contribution is -2.27. The number of carbonyl (C=O) groups excluding carboxylic acids is 1. The van der Waals surface area contributed by atoms with Gasteiger partial charge in [0, 0.05) is 19.7 Å². The van der Waals surface area contributed by atoms with Gasteiger partial charge < -0.3 is 4.98 Å². The van der Waals surface area contributed by atoms with Gasteiger partial charge in [-0.2, -0.15) is 0 Å². The lowest BCUT2D eigenvalue weighted by atomic mass is 10.0. The molecule has 0 radical (unpaired) electrons. The predicted molar refractivity (Wildman–Crippen MR) is 102 cm³/mol. The number of benzene rings is 1. The number of aryl methyl sites for hydroxylation is 3. The van der Waals surface area contributed by atoms with Gasteiger partial charge in [-0.15, -0.1) is 0 Å². The second-order valence-electron chi connectivity index (χ2n) is 5.98. The van der Waals surface area contributed by atoms with Gasteiger partial charge in [-0.05, 0) is 19.4 Å². The zero-order valence-electron chi connectivity index (χ0n) is 14.4. The fourth-order valence-corrected chi connectivity index (χ4v) is 3.68. The van der Waals surface area contributed by atoms with Crippen molar-refractivity contribution in [1.29, 1.82) is 0 Å². The highest BCUT2D eigenvalue weighted by Gasteiger charge is 2.14. The molecule has 0 atom stereocenters. The number of thioether (sulfide) groups is 1. The summed E-state index contributed by atoms with van der Waals surface area (Å²) in [6.07, 6.45) is 0. The summed E-state index contributed by atoms with van der Waals surface area (Å²) in [6, 6.07) is 5.79. The first-order chi connectivity index (χ1) is 11.8. The summed E-state index contributed by atoms with van der Waals surface area (Å²) in [6.45, 7) is 3.94. The minimum absolute atomic E-state index is 0.0426. The highest BCUT2D eigenvalue weighted by molar-refractivity contribution is 7.99. The molecule has 3 rings (SSSR count). The maximum Gasteiger partial charge on any atom is 0.330 e. The van der Waals surface area contributed by atoms with E-state index in [0.717, 1.165) is 16.7 Å². The fraction of sp³-hybridized carbons (Fsp3) is 0.294. The van der Waals surface area contributed by atoms with E-state index in [9.17, 15) is 9.59 Å². The first-order valence-electron chi connectivity index (χ1n) is 7.68. The standard InChI is InChI=1S/C17H18N4O2S2/c1-9-5-6-11(10(2)7-9)12(22)8-25-16-18-13-14(19-16)20(3)17(23)21(4)15(13)24/h5-7H,8H2,1-4H3,(H,18,19). The Morgan fingerprint density at radius 3 is 2.68 bits per heavy atom. The average Bonchev–Trinajstić information content (AvgIpc) is 3.00. The number of aromatic nitrogens is 4. The van der Waals surface area contributed by atoms with Gasteiger partial charge in [0.15, 0.2) is 16.6 Å². The van der Waals surface area contributed by atoms with Gasteiger partial charge in [0.05, 0.1) is 5.75 Å². The molecular weight excluding hydrogens is 356 g/mol. The lowest BCUT2D eigenvalue weighted by Gasteiger charge is -2.05. The number of rotatable bonds is 4. The van der Waals surface area contributed by atoms with Crippen molar-refractivity contribution in [2.45, 2.75) is 19.0 Å². The largest absolute Gasteiger partial charge is 0.330 e. The Labute approximate surface area is 153 Å². The number of hydrogen-bond acceptors (Lipinski definition) is 5. The van der Waals surface area contributed by atoms with Gasteiger partial charge in [-0.1, -0.05) is 47.7 Å². The predicted octanol–water partition coefficient (Wildman–Crippen LogP) is 2.92. The smallest absolute Gasteiger partial charge is 0.329 e. The Morgan fingerprint density at radius 1 is 1.28 bits per heavy atom. The van der Waals surface area contributed by atoms with Crippen molar-refractivity contribution < 1.29 is 4.79 Å². The van der Waals surface area contributed by atoms with Gasteiger partial charge in [-0.3, -0.25) is 13.9 Å². The van der Waals surface area contributed by atoms with E-state index in [1.807, 2.05) is 32.0 Å². The van der Waals surface area contributed by atoms with Gasteiger partial charge in [0.1, 0.15) is 10.2 Å². The third-order valence-electron chi connectivity index (χ3n) is 4.10. The van der Waals surface area contributed by atoms with Crippen LogP contribution in [0.4, 0.5) is 0 Å². The van der Waals surface area contributed by atoms with E-state index in [2.05, 4.69) is 9.97 Å². The van der Waals surface area contributed by atoms with Crippen LogP contribution in [0.1, 0.15) is 21.5 Å². The number of carbonyl (C=O) groups is 1. The van der Waals surface area contributed by atoms with Crippen LogP contribution in [0, 0.1) is 18.5 Å². The Kier molecular flexibility index (Phi) is 4.66. The molecule has 0 aliphatic rings. The van der Waals surface area contributed by atoms with Crippen molar-refractivity contribution >= 4 is 40.9 Å². The van der Waals surface area contributed by atoms with E-state index in [1.165, 1.54) is 20.9 Å². The van der Waals surface area contributed by atoms with Crippen LogP contribution in [0.3, 0.4) is 0 Å². The summed E-state index contributed by atoms with van der Waals surface area (Å²) in [5.41, 5.74) is 3.71. The second-order valence-corrected chi connectivity index (χ2v) is 7.33. The molecule has 6 nitrogen and oxygen atoms in total. The normalized spacial score (nSPS) is 11.2. The topological polar surface area (TPSA) is 72.7 Å². The molecule has 0 bridgehead atoms. The molecule has 2 heterocycles.